The van der Waals surface area contributed by atoms with Crippen LogP contribution in [0.2, 0.25) is 0 Å². The van der Waals surface area contributed by atoms with Gasteiger partial charge in [-0.1, -0.05) is 170 Å². The maximum atomic E-state index is 2.62. The van der Waals surface area contributed by atoms with Gasteiger partial charge in [-0.05, 0) is 122 Å². The van der Waals surface area contributed by atoms with Crippen molar-refractivity contribution in [3.8, 4) is 0 Å². The van der Waals surface area contributed by atoms with Crippen LogP contribution in [-0.2, 0) is 0 Å². The molecule has 0 bridgehead atoms. The predicted octanol–water partition coefficient (Wildman–Crippen LogP) is 13.2. The molecule has 4 unspecified atom stereocenters. The summed E-state index contributed by atoms with van der Waals surface area (Å²) in [6.07, 6.45) is 36.4. The Hall–Kier alpha value is -6.90. The SMILES string of the molecule is C1=CCC(n2c3c(c4c5ccccc5ccc42)C(c2cccc(N(c4ccc(C5=CC=C6C=CC=CC6C5)cc4)C4C=c5ccc6ccccc6c5=CC4)c2)CC=C3)C=C1. The lowest BCUT2D eigenvalue weighted by Crippen LogP contribution is -2.38. The van der Waals surface area contributed by atoms with E-state index in [-0.39, 0.29) is 18.0 Å². The highest BCUT2D eigenvalue weighted by molar-refractivity contribution is 6.10. The van der Waals surface area contributed by atoms with Gasteiger partial charge in [-0.2, -0.15) is 0 Å². The van der Waals surface area contributed by atoms with Crippen LogP contribution in [0.1, 0.15) is 60.0 Å². The number of allylic oxidation sites excluding steroid dienone is 13. The maximum Gasteiger partial charge on any atom is 0.0566 e. The summed E-state index contributed by atoms with van der Waals surface area (Å²) in [5.41, 5.74) is 12.0. The fourth-order valence-corrected chi connectivity index (χ4v) is 10.8. The Bertz CT molecular complexity index is 3230. The van der Waals surface area contributed by atoms with E-state index in [2.05, 4.69) is 216 Å². The van der Waals surface area contributed by atoms with Crippen LogP contribution in [0, 0.1) is 5.92 Å². The predicted molar refractivity (Wildman–Crippen MR) is 255 cm³/mol. The van der Waals surface area contributed by atoms with E-state index in [0.717, 1.165) is 25.7 Å². The van der Waals surface area contributed by atoms with E-state index < -0.39 is 0 Å². The maximum absolute atomic E-state index is 2.62. The Morgan fingerprint density at radius 1 is 0.617 bits per heavy atom. The van der Waals surface area contributed by atoms with Crippen molar-refractivity contribution in [2.24, 2.45) is 5.92 Å². The number of nitrogens with zero attached hydrogens (tertiary/aromatic N) is 2. The molecule has 2 nitrogen and oxygen atoms in total. The second kappa shape index (κ2) is 14.4. The second-order valence-corrected chi connectivity index (χ2v) is 17.0. The highest BCUT2D eigenvalue weighted by Gasteiger charge is 2.30. The van der Waals surface area contributed by atoms with Crippen LogP contribution in [0.4, 0.5) is 11.4 Å². The molecule has 4 atom stereocenters. The van der Waals surface area contributed by atoms with Crippen molar-refractivity contribution < 1.29 is 0 Å². The molecular formula is C58H46N2. The molecule has 0 radical (unpaired) electrons. The highest BCUT2D eigenvalue weighted by Crippen LogP contribution is 2.47. The Balaban J connectivity index is 0.991. The normalized spacial score (nSPS) is 21.2. The molecule has 0 saturated heterocycles. The highest BCUT2D eigenvalue weighted by atomic mass is 15.2. The molecule has 0 aliphatic heterocycles. The van der Waals surface area contributed by atoms with Crippen LogP contribution in [0.15, 0.2) is 194 Å². The number of hydrogen-bond acceptors (Lipinski definition) is 1. The van der Waals surface area contributed by atoms with Crippen LogP contribution in [0.25, 0.3) is 56.2 Å². The molecular weight excluding hydrogens is 725 g/mol. The minimum Gasteiger partial charge on any atom is -0.334 e. The molecule has 2 heteroatoms. The summed E-state index contributed by atoms with van der Waals surface area (Å²) >= 11 is 0. The number of rotatable bonds is 6. The standard InChI is InChI=1S/C58H46N2/c1-2-17-47(18-3-1)60-55-23-11-22-54(58(55)57-53-21-9-7-14-42(53)30-35-56(57)60)45-16-10-19-49(37-45)59(50-33-34-52-46(38-50)27-25-41-13-6-8-20-51(41)52)48-31-28-40(29-32-48)44-26-24-39-12-4-5-15-43(39)36-44/h1-17,19-21,23-32,34-35,37-38,43,47,50,54H,18,22,33,36H2. The van der Waals surface area contributed by atoms with Crippen molar-refractivity contribution >= 4 is 67.6 Å². The zero-order valence-corrected chi connectivity index (χ0v) is 33.7. The summed E-state index contributed by atoms with van der Waals surface area (Å²) < 4.78 is 2.62. The van der Waals surface area contributed by atoms with E-state index >= 15 is 0 Å². The molecule has 0 spiro atoms. The van der Waals surface area contributed by atoms with Gasteiger partial charge < -0.3 is 9.47 Å². The lowest BCUT2D eigenvalue weighted by atomic mass is 9.82. The number of anilines is 2. The molecule has 1 aromatic heterocycles. The lowest BCUT2D eigenvalue weighted by molar-refractivity contribution is 0.618. The summed E-state index contributed by atoms with van der Waals surface area (Å²) in [7, 11) is 0. The van der Waals surface area contributed by atoms with Crippen LogP contribution in [0.3, 0.4) is 0 Å². The van der Waals surface area contributed by atoms with Crippen molar-refractivity contribution in [2.45, 2.75) is 43.7 Å². The topological polar surface area (TPSA) is 8.17 Å². The van der Waals surface area contributed by atoms with Gasteiger partial charge in [-0.3, -0.25) is 0 Å². The molecule has 60 heavy (non-hydrogen) atoms. The zero-order valence-electron chi connectivity index (χ0n) is 33.7. The van der Waals surface area contributed by atoms with E-state index in [1.807, 2.05) is 0 Å². The van der Waals surface area contributed by atoms with Gasteiger partial charge in [0.05, 0.1) is 12.1 Å². The van der Waals surface area contributed by atoms with E-state index in [1.165, 1.54) is 87.8 Å². The van der Waals surface area contributed by atoms with Gasteiger partial charge in [-0.25, -0.2) is 0 Å². The van der Waals surface area contributed by atoms with E-state index in [4.69, 9.17) is 0 Å². The molecule has 0 amide bonds. The van der Waals surface area contributed by atoms with Crippen LogP contribution in [0.5, 0.6) is 0 Å². The number of aromatic nitrogens is 1. The van der Waals surface area contributed by atoms with Crippen LogP contribution < -0.4 is 15.3 Å². The zero-order chi connectivity index (χ0) is 39.6. The molecule has 5 aliphatic rings. The minimum absolute atomic E-state index is 0.150. The Morgan fingerprint density at radius 3 is 2.33 bits per heavy atom. The van der Waals surface area contributed by atoms with Gasteiger partial charge in [0.25, 0.3) is 0 Å². The molecule has 288 valence electrons. The van der Waals surface area contributed by atoms with Crippen molar-refractivity contribution in [3.05, 3.63) is 227 Å². The third-order valence-corrected chi connectivity index (χ3v) is 13.7. The first kappa shape index (κ1) is 35.1. The first-order valence-corrected chi connectivity index (χ1v) is 21.8. The van der Waals surface area contributed by atoms with Crippen molar-refractivity contribution in [2.75, 3.05) is 4.90 Å². The first-order chi connectivity index (χ1) is 29.7. The molecule has 6 aromatic carbocycles. The van der Waals surface area contributed by atoms with E-state index in [1.54, 1.807) is 0 Å². The summed E-state index contributed by atoms with van der Waals surface area (Å²) in [4.78, 5) is 2.60. The average molecular weight is 771 g/mol. The quantitative estimate of drug-likeness (QED) is 0.163. The van der Waals surface area contributed by atoms with Gasteiger partial charge in [0.15, 0.2) is 0 Å². The molecule has 0 N–H and O–H groups in total. The third-order valence-electron chi connectivity index (χ3n) is 13.7. The van der Waals surface area contributed by atoms with Crippen molar-refractivity contribution in [1.29, 1.82) is 0 Å². The molecule has 12 rings (SSSR count). The van der Waals surface area contributed by atoms with Crippen molar-refractivity contribution in [1.82, 2.24) is 4.57 Å². The number of fused-ring (bicyclic) bond motifs is 9. The summed E-state index contributed by atoms with van der Waals surface area (Å²) in [6, 6.07) is 46.4. The molecule has 7 aromatic rings. The van der Waals surface area contributed by atoms with Gasteiger partial charge in [0.1, 0.15) is 0 Å². The fourth-order valence-electron chi connectivity index (χ4n) is 10.8. The fraction of sp³-hybridized carbons (Fsp3) is 0.138. The Morgan fingerprint density at radius 2 is 1.45 bits per heavy atom. The largest absolute Gasteiger partial charge is 0.334 e. The lowest BCUT2D eigenvalue weighted by Gasteiger charge is -2.34. The smallest absolute Gasteiger partial charge is 0.0566 e. The Kier molecular flexibility index (Phi) is 8.44. The molecule has 0 fully saturated rings. The van der Waals surface area contributed by atoms with E-state index in [9.17, 15) is 0 Å². The third kappa shape index (κ3) is 5.85. The first-order valence-electron chi connectivity index (χ1n) is 21.8. The summed E-state index contributed by atoms with van der Waals surface area (Å²) in [5.74, 6) is 0.677. The number of benzene rings is 6. The van der Waals surface area contributed by atoms with Gasteiger partial charge >= 0.3 is 0 Å². The molecule has 1 heterocycles. The van der Waals surface area contributed by atoms with Gasteiger partial charge in [0.2, 0.25) is 0 Å². The number of hydrogen-bond donors (Lipinski definition) is 0. The molecule has 0 saturated carbocycles. The Labute approximate surface area is 351 Å². The summed E-state index contributed by atoms with van der Waals surface area (Å²) in [6.45, 7) is 0. The van der Waals surface area contributed by atoms with E-state index in [0.29, 0.717) is 5.92 Å². The minimum atomic E-state index is 0.150. The van der Waals surface area contributed by atoms with Crippen LogP contribution in [-0.4, -0.2) is 10.6 Å². The average Bonchev–Trinajstić information content (AvgIpc) is 3.67. The van der Waals surface area contributed by atoms with Crippen molar-refractivity contribution in [3.63, 3.8) is 0 Å². The van der Waals surface area contributed by atoms with Gasteiger partial charge in [0, 0.05) is 39.8 Å². The monoisotopic (exact) mass is 770 g/mol. The summed E-state index contributed by atoms with van der Waals surface area (Å²) in [5, 5.41) is 9.32. The molecule has 5 aliphatic carbocycles. The second-order valence-electron chi connectivity index (χ2n) is 17.0. The van der Waals surface area contributed by atoms with Crippen LogP contribution >= 0.6 is 0 Å². The van der Waals surface area contributed by atoms with Gasteiger partial charge in [-0.15, -0.1) is 0 Å².